The molecule has 3 aromatic rings. The van der Waals surface area contributed by atoms with Crippen LogP contribution in [0.1, 0.15) is 19.3 Å². The molecule has 0 N–H and O–H groups in total. The number of rotatable bonds is 2. The zero-order valence-electron chi connectivity index (χ0n) is 14.5. The fraction of sp³-hybridized carbons (Fsp3) is 0.450. The normalized spacial score (nSPS) is 19.0. The van der Waals surface area contributed by atoms with E-state index in [0.717, 1.165) is 50.7 Å². The number of hydrogen-bond acceptors (Lipinski definition) is 4. The van der Waals surface area contributed by atoms with E-state index in [9.17, 15) is 0 Å². The SMILES string of the molecule is c1ccc2c(c1)nc(N1CCCCC1)c1ccc(N3CCOCC3)n12. The molecule has 2 fully saturated rings. The van der Waals surface area contributed by atoms with Gasteiger partial charge in [-0.3, -0.25) is 4.40 Å². The highest BCUT2D eigenvalue weighted by molar-refractivity contribution is 5.87. The number of aromatic nitrogens is 2. The first-order chi connectivity index (χ1) is 12.4. The van der Waals surface area contributed by atoms with Gasteiger partial charge in [0.05, 0.1) is 29.8 Å². The van der Waals surface area contributed by atoms with E-state index >= 15 is 0 Å². The predicted molar refractivity (Wildman–Crippen MR) is 102 cm³/mol. The Kier molecular flexibility index (Phi) is 3.74. The molecule has 0 radical (unpaired) electrons. The van der Waals surface area contributed by atoms with Crippen molar-refractivity contribution in [3.63, 3.8) is 0 Å². The molecule has 0 amide bonds. The van der Waals surface area contributed by atoms with Crippen molar-refractivity contribution < 1.29 is 4.74 Å². The lowest BCUT2D eigenvalue weighted by molar-refractivity contribution is 0.122. The maximum atomic E-state index is 5.54. The molecule has 1 aromatic carbocycles. The first kappa shape index (κ1) is 15.0. The van der Waals surface area contributed by atoms with Gasteiger partial charge in [0.1, 0.15) is 5.82 Å². The molecule has 0 spiro atoms. The van der Waals surface area contributed by atoms with Crippen LogP contribution in [-0.2, 0) is 4.74 Å². The van der Waals surface area contributed by atoms with Crippen LogP contribution in [0.2, 0.25) is 0 Å². The van der Waals surface area contributed by atoms with Crippen molar-refractivity contribution in [1.82, 2.24) is 9.38 Å². The van der Waals surface area contributed by atoms with Crippen LogP contribution in [0.3, 0.4) is 0 Å². The summed E-state index contributed by atoms with van der Waals surface area (Å²) in [5.41, 5.74) is 3.48. The van der Waals surface area contributed by atoms with Gasteiger partial charge in [0.2, 0.25) is 0 Å². The Balaban J connectivity index is 1.73. The maximum Gasteiger partial charge on any atom is 0.153 e. The average molecular weight is 336 g/mol. The van der Waals surface area contributed by atoms with Crippen LogP contribution in [0.4, 0.5) is 11.6 Å². The summed E-state index contributed by atoms with van der Waals surface area (Å²) in [5, 5.41) is 0. The zero-order valence-corrected chi connectivity index (χ0v) is 14.5. The van der Waals surface area contributed by atoms with Gasteiger partial charge in [-0.15, -0.1) is 0 Å². The second-order valence-corrected chi connectivity index (χ2v) is 6.98. The molecule has 4 heterocycles. The highest BCUT2D eigenvalue weighted by Crippen LogP contribution is 2.32. The van der Waals surface area contributed by atoms with Crippen molar-refractivity contribution in [3.8, 4) is 0 Å². The van der Waals surface area contributed by atoms with E-state index in [2.05, 4.69) is 50.6 Å². The number of hydrogen-bond donors (Lipinski definition) is 0. The quantitative estimate of drug-likeness (QED) is 0.719. The van der Waals surface area contributed by atoms with E-state index in [4.69, 9.17) is 9.72 Å². The molecule has 2 aromatic heterocycles. The van der Waals surface area contributed by atoms with Crippen LogP contribution < -0.4 is 9.80 Å². The standard InChI is InChI=1S/C20H24N4O/c1-4-10-23(11-5-1)20-18-8-9-19(22-12-14-25-15-13-22)24(18)17-7-3-2-6-16(17)21-20/h2-3,6-9H,1,4-5,10-15H2. The number of ether oxygens (including phenoxy) is 1. The van der Waals surface area contributed by atoms with Gasteiger partial charge in [-0.1, -0.05) is 12.1 Å². The number of fused-ring (bicyclic) bond motifs is 3. The Morgan fingerprint density at radius 3 is 2.40 bits per heavy atom. The van der Waals surface area contributed by atoms with Crippen LogP contribution in [0, 0.1) is 0 Å². The summed E-state index contributed by atoms with van der Waals surface area (Å²) in [6, 6.07) is 13.0. The number of benzene rings is 1. The first-order valence-corrected chi connectivity index (χ1v) is 9.40. The van der Waals surface area contributed by atoms with Gasteiger partial charge in [0, 0.05) is 26.2 Å². The minimum Gasteiger partial charge on any atom is -0.378 e. The Hall–Kier alpha value is -2.27. The molecule has 0 aliphatic carbocycles. The summed E-state index contributed by atoms with van der Waals surface area (Å²) in [6.07, 6.45) is 3.86. The van der Waals surface area contributed by atoms with E-state index in [1.807, 2.05) is 0 Å². The molecule has 5 nitrogen and oxygen atoms in total. The van der Waals surface area contributed by atoms with E-state index < -0.39 is 0 Å². The Bertz CT molecular complexity index is 891. The van der Waals surface area contributed by atoms with Gasteiger partial charge in [-0.2, -0.15) is 0 Å². The van der Waals surface area contributed by atoms with E-state index in [1.165, 1.54) is 36.1 Å². The fourth-order valence-corrected chi connectivity index (χ4v) is 4.15. The van der Waals surface area contributed by atoms with Gasteiger partial charge in [-0.05, 0) is 43.5 Å². The van der Waals surface area contributed by atoms with Crippen LogP contribution >= 0.6 is 0 Å². The molecular weight excluding hydrogens is 312 g/mol. The van der Waals surface area contributed by atoms with Gasteiger partial charge < -0.3 is 14.5 Å². The van der Waals surface area contributed by atoms with Gasteiger partial charge in [0.15, 0.2) is 5.82 Å². The van der Waals surface area contributed by atoms with Crippen molar-refractivity contribution in [1.29, 1.82) is 0 Å². The summed E-state index contributed by atoms with van der Waals surface area (Å²) in [4.78, 5) is 9.95. The van der Waals surface area contributed by atoms with Crippen LogP contribution in [0.25, 0.3) is 16.6 Å². The lowest BCUT2D eigenvalue weighted by atomic mass is 10.1. The van der Waals surface area contributed by atoms with E-state index in [0.29, 0.717) is 0 Å². The molecule has 0 saturated carbocycles. The number of para-hydroxylation sites is 2. The molecule has 2 aliphatic rings. The van der Waals surface area contributed by atoms with Crippen LogP contribution in [0.15, 0.2) is 36.4 Å². The van der Waals surface area contributed by atoms with Gasteiger partial charge >= 0.3 is 0 Å². The number of morpholine rings is 1. The lowest BCUT2D eigenvalue weighted by Crippen LogP contribution is -2.37. The minimum absolute atomic E-state index is 0.801. The van der Waals surface area contributed by atoms with Crippen LogP contribution in [0.5, 0.6) is 0 Å². The second-order valence-electron chi connectivity index (χ2n) is 6.98. The highest BCUT2D eigenvalue weighted by Gasteiger charge is 2.21. The lowest BCUT2D eigenvalue weighted by Gasteiger charge is -2.30. The maximum absolute atomic E-state index is 5.54. The molecule has 0 atom stereocenters. The molecule has 0 bridgehead atoms. The predicted octanol–water partition coefficient (Wildman–Crippen LogP) is 3.31. The van der Waals surface area contributed by atoms with E-state index in [1.54, 1.807) is 0 Å². The number of nitrogens with zero attached hydrogens (tertiary/aromatic N) is 4. The summed E-state index contributed by atoms with van der Waals surface area (Å²) in [5.74, 6) is 2.40. The third-order valence-electron chi connectivity index (χ3n) is 5.43. The largest absolute Gasteiger partial charge is 0.378 e. The van der Waals surface area contributed by atoms with Crippen LogP contribution in [-0.4, -0.2) is 48.8 Å². The Morgan fingerprint density at radius 1 is 0.760 bits per heavy atom. The Morgan fingerprint density at radius 2 is 1.56 bits per heavy atom. The third-order valence-corrected chi connectivity index (χ3v) is 5.43. The smallest absolute Gasteiger partial charge is 0.153 e. The molecule has 0 unspecified atom stereocenters. The van der Waals surface area contributed by atoms with Crippen molar-refractivity contribution >= 4 is 28.2 Å². The summed E-state index contributed by atoms with van der Waals surface area (Å²) in [6.45, 7) is 5.71. The highest BCUT2D eigenvalue weighted by atomic mass is 16.5. The Labute approximate surface area is 147 Å². The molecule has 25 heavy (non-hydrogen) atoms. The van der Waals surface area contributed by atoms with E-state index in [-0.39, 0.29) is 0 Å². The fourth-order valence-electron chi connectivity index (χ4n) is 4.15. The van der Waals surface area contributed by atoms with Crippen molar-refractivity contribution in [2.24, 2.45) is 0 Å². The van der Waals surface area contributed by atoms with Crippen molar-refractivity contribution in [2.45, 2.75) is 19.3 Å². The van der Waals surface area contributed by atoms with Crippen molar-refractivity contribution in [3.05, 3.63) is 36.4 Å². The topological polar surface area (TPSA) is 33.0 Å². The molecule has 5 rings (SSSR count). The monoisotopic (exact) mass is 336 g/mol. The zero-order chi connectivity index (χ0) is 16.6. The van der Waals surface area contributed by atoms with Crippen molar-refractivity contribution in [2.75, 3.05) is 49.2 Å². The molecular formula is C20H24N4O. The first-order valence-electron chi connectivity index (χ1n) is 9.40. The van der Waals surface area contributed by atoms with Gasteiger partial charge in [-0.25, -0.2) is 4.98 Å². The summed E-state index contributed by atoms with van der Waals surface area (Å²) >= 11 is 0. The molecule has 2 saturated heterocycles. The second kappa shape index (κ2) is 6.23. The minimum atomic E-state index is 0.801. The molecule has 2 aliphatic heterocycles. The summed E-state index contributed by atoms with van der Waals surface area (Å²) < 4.78 is 7.95. The summed E-state index contributed by atoms with van der Waals surface area (Å²) in [7, 11) is 0. The number of piperidine rings is 1. The molecule has 130 valence electrons. The third kappa shape index (κ3) is 2.54. The van der Waals surface area contributed by atoms with Gasteiger partial charge in [0.25, 0.3) is 0 Å². The average Bonchev–Trinajstić information content (AvgIpc) is 3.14. The molecule has 5 heteroatoms. The number of anilines is 2.